The van der Waals surface area contributed by atoms with Gasteiger partial charge in [0, 0.05) is 27.2 Å². The van der Waals surface area contributed by atoms with Gasteiger partial charge in [-0.05, 0) is 88.7 Å². The molecule has 0 bridgehead atoms. The van der Waals surface area contributed by atoms with Crippen LogP contribution in [0.2, 0.25) is 0 Å². The fourth-order valence-corrected chi connectivity index (χ4v) is 6.56. The fraction of sp³-hybridized carbons (Fsp3) is 0.0278. The van der Waals surface area contributed by atoms with E-state index in [-0.39, 0.29) is 0 Å². The minimum absolute atomic E-state index is 0.990. The molecule has 7 aromatic rings. The lowest BCUT2D eigenvalue weighted by atomic mass is 9.95. The van der Waals surface area contributed by atoms with Crippen molar-refractivity contribution >= 4 is 56.3 Å². The van der Waals surface area contributed by atoms with E-state index in [2.05, 4.69) is 121 Å². The molecule has 1 aromatic heterocycles. The number of hydrogen-bond donors (Lipinski definition) is 2. The maximum absolute atomic E-state index is 4.91. The van der Waals surface area contributed by atoms with Crippen molar-refractivity contribution < 1.29 is 0 Å². The average molecular weight is 551 g/mol. The highest BCUT2D eigenvalue weighted by atomic mass is 32.1. The molecule has 0 amide bonds. The van der Waals surface area contributed by atoms with Gasteiger partial charge in [-0.25, -0.2) is 4.98 Å². The van der Waals surface area contributed by atoms with Crippen LogP contribution in [0, 0.1) is 6.92 Å². The van der Waals surface area contributed by atoms with E-state index in [0.29, 0.717) is 0 Å². The summed E-state index contributed by atoms with van der Waals surface area (Å²) in [6.07, 6.45) is 0. The Kier molecular flexibility index (Phi) is 6.35. The smallest absolute Gasteiger partial charge is 0.125 e. The summed E-state index contributed by atoms with van der Waals surface area (Å²) in [5, 5.41) is 7.08. The zero-order chi connectivity index (χ0) is 27.1. The molecule has 4 heteroatoms. The average Bonchev–Trinajstić information content (AvgIpc) is 3.43. The molecule has 0 radical (unpaired) electrons. The van der Waals surface area contributed by atoms with Crippen molar-refractivity contribution in [2.24, 2.45) is 0 Å². The van der Waals surface area contributed by atoms with Crippen LogP contribution in [0.3, 0.4) is 0 Å². The second-order valence-corrected chi connectivity index (χ2v) is 11.5. The van der Waals surface area contributed by atoms with Crippen molar-refractivity contribution in [2.45, 2.75) is 11.8 Å². The third kappa shape index (κ3) is 4.56. The first-order valence-corrected chi connectivity index (χ1v) is 14.5. The predicted molar refractivity (Wildman–Crippen MR) is 175 cm³/mol. The third-order valence-electron chi connectivity index (χ3n) is 7.38. The molecule has 0 saturated carbocycles. The molecular weight excluding hydrogens is 525 g/mol. The molecule has 0 aliphatic rings. The van der Waals surface area contributed by atoms with Gasteiger partial charge in [-0.3, -0.25) is 0 Å². The summed E-state index contributed by atoms with van der Waals surface area (Å²) in [5.74, 6) is 0. The lowest BCUT2D eigenvalue weighted by molar-refractivity contribution is 1.40. The Balaban J connectivity index is 1.20. The van der Waals surface area contributed by atoms with Gasteiger partial charge in [-0.1, -0.05) is 78.9 Å². The van der Waals surface area contributed by atoms with Gasteiger partial charge in [0.2, 0.25) is 0 Å². The van der Waals surface area contributed by atoms with Crippen molar-refractivity contribution in [1.29, 1.82) is 0 Å². The number of rotatable bonds is 5. The van der Waals surface area contributed by atoms with Crippen molar-refractivity contribution in [3.63, 3.8) is 0 Å². The van der Waals surface area contributed by atoms with Gasteiger partial charge in [0.25, 0.3) is 0 Å². The lowest BCUT2D eigenvalue weighted by Crippen LogP contribution is -1.93. The van der Waals surface area contributed by atoms with Crippen LogP contribution < -0.4 is 5.32 Å². The molecule has 0 spiro atoms. The number of nitrogens with one attached hydrogen (secondary N) is 1. The summed E-state index contributed by atoms with van der Waals surface area (Å²) in [6.45, 7) is 2.15. The Bertz CT molecular complexity index is 1970. The van der Waals surface area contributed by atoms with Crippen molar-refractivity contribution in [2.75, 3.05) is 5.32 Å². The molecule has 0 saturated heterocycles. The monoisotopic (exact) mass is 550 g/mol. The largest absolute Gasteiger partial charge is 0.355 e. The fourth-order valence-electron chi connectivity index (χ4n) is 5.28. The topological polar surface area (TPSA) is 24.9 Å². The van der Waals surface area contributed by atoms with Gasteiger partial charge in [0.1, 0.15) is 5.01 Å². The van der Waals surface area contributed by atoms with Crippen molar-refractivity contribution in [3.05, 3.63) is 133 Å². The molecule has 0 unspecified atom stereocenters. The van der Waals surface area contributed by atoms with E-state index >= 15 is 0 Å². The van der Waals surface area contributed by atoms with Crippen LogP contribution in [0.1, 0.15) is 5.56 Å². The molecule has 1 heterocycles. The summed E-state index contributed by atoms with van der Waals surface area (Å²) >= 11 is 6.43. The first kappa shape index (κ1) is 24.6. The molecule has 7 rings (SSSR count). The quantitative estimate of drug-likeness (QED) is 0.208. The molecule has 0 fully saturated rings. The number of fused-ring (bicyclic) bond motifs is 2. The molecule has 0 aliphatic carbocycles. The molecule has 6 aromatic carbocycles. The first-order chi connectivity index (χ1) is 19.6. The number of hydrogen-bond acceptors (Lipinski definition) is 4. The van der Waals surface area contributed by atoms with Crippen LogP contribution in [-0.4, -0.2) is 4.98 Å². The maximum Gasteiger partial charge on any atom is 0.125 e. The minimum Gasteiger partial charge on any atom is -0.355 e. The molecule has 0 aliphatic heterocycles. The van der Waals surface area contributed by atoms with Crippen LogP contribution in [0.15, 0.2) is 132 Å². The Morgan fingerprint density at radius 2 is 1.35 bits per heavy atom. The Hall–Kier alpha value is -4.38. The highest BCUT2D eigenvalue weighted by Crippen LogP contribution is 2.38. The van der Waals surface area contributed by atoms with Crippen LogP contribution >= 0.6 is 24.0 Å². The number of aryl methyl sites for hydroxylation is 1. The molecule has 192 valence electrons. The van der Waals surface area contributed by atoms with Gasteiger partial charge in [0.15, 0.2) is 0 Å². The maximum atomic E-state index is 4.91. The highest BCUT2D eigenvalue weighted by Gasteiger charge is 2.13. The number of thiazole rings is 1. The van der Waals surface area contributed by atoms with Gasteiger partial charge >= 0.3 is 0 Å². The SMILES string of the molecule is Cc1ccc(-c2ccc(Nc3ccc(-c4nc5ccccc5s4)c4ccccc34)cc2)cc1-c1ccccc1S. The van der Waals surface area contributed by atoms with E-state index < -0.39 is 0 Å². The number of nitrogens with zero attached hydrogens (tertiary/aromatic N) is 1. The molecular formula is C36H26N2S2. The Morgan fingerprint density at radius 1 is 0.625 bits per heavy atom. The van der Waals surface area contributed by atoms with Gasteiger partial charge in [-0.15, -0.1) is 24.0 Å². The van der Waals surface area contributed by atoms with Gasteiger partial charge in [0.05, 0.1) is 10.2 Å². The van der Waals surface area contributed by atoms with Crippen LogP contribution in [0.25, 0.3) is 53.8 Å². The zero-order valence-electron chi connectivity index (χ0n) is 21.9. The third-order valence-corrected chi connectivity index (χ3v) is 8.84. The molecule has 40 heavy (non-hydrogen) atoms. The van der Waals surface area contributed by atoms with E-state index in [9.17, 15) is 0 Å². The van der Waals surface area contributed by atoms with Crippen molar-refractivity contribution in [1.82, 2.24) is 4.98 Å². The number of aromatic nitrogens is 1. The lowest BCUT2D eigenvalue weighted by Gasteiger charge is -2.14. The standard InChI is InChI=1S/C36H26N2S2/c1-23-14-15-25(22-31(23)29-10-4-6-12-34(29)39)24-16-18-26(19-17-24)37-32-21-20-30(27-8-2-3-9-28(27)32)36-38-33-11-5-7-13-35(33)40-36/h2-22,37,39H,1H3. The van der Waals surface area contributed by atoms with Crippen molar-refractivity contribution in [3.8, 4) is 32.8 Å². The molecule has 1 N–H and O–H groups in total. The molecule has 2 nitrogen and oxygen atoms in total. The zero-order valence-corrected chi connectivity index (χ0v) is 23.6. The highest BCUT2D eigenvalue weighted by molar-refractivity contribution is 7.80. The van der Waals surface area contributed by atoms with Gasteiger partial charge in [-0.2, -0.15) is 0 Å². The second kappa shape index (κ2) is 10.3. The first-order valence-electron chi connectivity index (χ1n) is 13.3. The number of benzene rings is 6. The van der Waals surface area contributed by atoms with Crippen LogP contribution in [-0.2, 0) is 0 Å². The van der Waals surface area contributed by atoms with Gasteiger partial charge < -0.3 is 5.32 Å². The normalized spacial score (nSPS) is 11.2. The predicted octanol–water partition coefficient (Wildman–Crippen LogP) is 10.8. The van der Waals surface area contributed by atoms with E-state index in [4.69, 9.17) is 17.6 Å². The van der Waals surface area contributed by atoms with E-state index in [1.807, 2.05) is 18.2 Å². The van der Waals surface area contributed by atoms with Crippen LogP contribution in [0.5, 0.6) is 0 Å². The Morgan fingerprint density at radius 3 is 2.17 bits per heavy atom. The van der Waals surface area contributed by atoms with Crippen LogP contribution in [0.4, 0.5) is 11.4 Å². The number of thiol groups is 1. The number of para-hydroxylation sites is 1. The summed E-state index contributed by atoms with van der Waals surface area (Å²) in [7, 11) is 0. The van der Waals surface area contributed by atoms with E-state index in [0.717, 1.165) is 37.9 Å². The minimum atomic E-state index is 0.990. The number of anilines is 2. The van der Waals surface area contributed by atoms with E-state index in [1.165, 1.54) is 37.7 Å². The van der Waals surface area contributed by atoms with E-state index in [1.54, 1.807) is 11.3 Å². The second-order valence-electron chi connectivity index (χ2n) is 9.94. The Labute approximate surface area is 243 Å². The summed E-state index contributed by atoms with van der Waals surface area (Å²) in [5.41, 5.74) is 10.3. The summed E-state index contributed by atoms with van der Waals surface area (Å²) < 4.78 is 1.21. The summed E-state index contributed by atoms with van der Waals surface area (Å²) in [6, 6.07) is 44.8. The summed E-state index contributed by atoms with van der Waals surface area (Å²) in [4.78, 5) is 5.90. The molecule has 0 atom stereocenters.